The predicted molar refractivity (Wildman–Crippen MR) is 117 cm³/mol. The molecule has 0 radical (unpaired) electrons. The van der Waals surface area contributed by atoms with Crippen LogP contribution in [0.1, 0.15) is 37.2 Å². The van der Waals surface area contributed by atoms with Crippen LogP contribution in [0.3, 0.4) is 0 Å². The Balaban J connectivity index is 1.89. The van der Waals surface area contributed by atoms with E-state index in [0.717, 1.165) is 6.42 Å². The number of likely N-dealkylation sites (tertiary alicyclic amines) is 1. The van der Waals surface area contributed by atoms with Crippen LogP contribution in [0.2, 0.25) is 5.02 Å². The average molecular weight is 470 g/mol. The van der Waals surface area contributed by atoms with Crippen LogP contribution in [-0.4, -0.2) is 72.2 Å². The molecule has 1 aromatic carbocycles. The van der Waals surface area contributed by atoms with E-state index in [4.69, 9.17) is 16.3 Å². The lowest BCUT2D eigenvalue weighted by Gasteiger charge is -2.34. The SMILES string of the molecule is CCC[C@H]([C@H]1CN(C(=O)c2cnn[nH]2)C[C@H]1C)N(C)S(=O)(=O)c1cc(Cl)ccc1OC. The van der Waals surface area contributed by atoms with Crippen molar-refractivity contribution in [1.29, 1.82) is 0 Å². The first-order valence-corrected chi connectivity index (χ1v) is 12.0. The summed E-state index contributed by atoms with van der Waals surface area (Å²) in [7, 11) is -0.855. The van der Waals surface area contributed by atoms with E-state index in [0.29, 0.717) is 30.2 Å². The summed E-state index contributed by atoms with van der Waals surface area (Å²) >= 11 is 6.08. The molecule has 0 bridgehead atoms. The molecule has 0 aliphatic carbocycles. The van der Waals surface area contributed by atoms with Gasteiger partial charge in [0.1, 0.15) is 16.3 Å². The second kappa shape index (κ2) is 9.54. The molecule has 2 aromatic rings. The molecule has 0 spiro atoms. The second-order valence-electron chi connectivity index (χ2n) is 7.89. The Morgan fingerprint density at radius 3 is 2.77 bits per heavy atom. The maximum atomic E-state index is 13.5. The van der Waals surface area contributed by atoms with E-state index in [1.54, 1.807) is 24.1 Å². The van der Waals surface area contributed by atoms with E-state index in [1.165, 1.54) is 23.7 Å². The van der Waals surface area contributed by atoms with Crippen molar-refractivity contribution in [1.82, 2.24) is 24.6 Å². The molecule has 170 valence electrons. The van der Waals surface area contributed by atoms with Gasteiger partial charge < -0.3 is 9.64 Å². The number of rotatable bonds is 8. The van der Waals surface area contributed by atoms with Crippen molar-refractivity contribution in [2.75, 3.05) is 27.2 Å². The summed E-state index contributed by atoms with van der Waals surface area (Å²) < 4.78 is 33.8. The van der Waals surface area contributed by atoms with Gasteiger partial charge in [0, 0.05) is 31.2 Å². The summed E-state index contributed by atoms with van der Waals surface area (Å²) in [6, 6.07) is 4.27. The number of carbonyl (C=O) groups excluding carboxylic acids is 1. The number of amides is 1. The summed E-state index contributed by atoms with van der Waals surface area (Å²) in [5.41, 5.74) is 0.324. The predicted octanol–water partition coefficient (Wildman–Crippen LogP) is 2.66. The number of hydrogen-bond acceptors (Lipinski definition) is 6. The molecule has 3 atom stereocenters. The molecule has 1 N–H and O–H groups in total. The Morgan fingerprint density at radius 1 is 1.42 bits per heavy atom. The Morgan fingerprint density at radius 2 is 2.16 bits per heavy atom. The minimum absolute atomic E-state index is 0.0234. The summed E-state index contributed by atoms with van der Waals surface area (Å²) in [5, 5.41) is 10.2. The van der Waals surface area contributed by atoms with Crippen LogP contribution in [0.15, 0.2) is 29.3 Å². The Labute approximate surface area is 187 Å². The van der Waals surface area contributed by atoms with Crippen LogP contribution in [0, 0.1) is 11.8 Å². The number of hydrogen-bond donors (Lipinski definition) is 1. The molecule has 1 aromatic heterocycles. The van der Waals surface area contributed by atoms with Gasteiger partial charge in [-0.25, -0.2) is 8.42 Å². The highest BCUT2D eigenvalue weighted by atomic mass is 35.5. The lowest BCUT2D eigenvalue weighted by molar-refractivity contribution is 0.0774. The minimum atomic E-state index is -3.87. The molecule has 1 amide bonds. The second-order valence-corrected chi connectivity index (χ2v) is 10.3. The van der Waals surface area contributed by atoms with E-state index in [9.17, 15) is 13.2 Å². The molecular formula is C20H28ClN5O4S. The molecule has 2 heterocycles. The van der Waals surface area contributed by atoms with Crippen molar-refractivity contribution in [2.24, 2.45) is 11.8 Å². The van der Waals surface area contributed by atoms with Crippen molar-refractivity contribution in [3.05, 3.63) is 35.1 Å². The Bertz CT molecular complexity index is 1010. The van der Waals surface area contributed by atoms with Gasteiger partial charge in [-0.2, -0.15) is 4.31 Å². The van der Waals surface area contributed by atoms with Gasteiger partial charge in [-0.15, -0.1) is 5.10 Å². The zero-order valence-corrected chi connectivity index (χ0v) is 19.7. The normalized spacial score (nSPS) is 20.3. The summed E-state index contributed by atoms with van der Waals surface area (Å²) in [4.78, 5) is 14.5. The number of H-pyrrole nitrogens is 1. The lowest BCUT2D eigenvalue weighted by Crippen LogP contribution is -2.44. The highest BCUT2D eigenvalue weighted by Gasteiger charge is 2.42. The van der Waals surface area contributed by atoms with Crippen LogP contribution in [0.25, 0.3) is 0 Å². The quantitative estimate of drug-likeness (QED) is 0.636. The summed E-state index contributed by atoms with van der Waals surface area (Å²) in [5.74, 6) is 0.158. The number of ether oxygens (including phenoxy) is 1. The van der Waals surface area contributed by atoms with E-state index in [2.05, 4.69) is 15.4 Å². The van der Waals surface area contributed by atoms with Crippen LogP contribution < -0.4 is 4.74 Å². The number of sulfonamides is 1. The zero-order valence-electron chi connectivity index (χ0n) is 18.1. The molecule has 0 unspecified atom stereocenters. The van der Waals surface area contributed by atoms with Crippen molar-refractivity contribution in [3.8, 4) is 5.75 Å². The highest BCUT2D eigenvalue weighted by molar-refractivity contribution is 7.89. The lowest BCUT2D eigenvalue weighted by atomic mass is 9.88. The van der Waals surface area contributed by atoms with Gasteiger partial charge in [-0.1, -0.05) is 37.1 Å². The third-order valence-electron chi connectivity index (χ3n) is 5.93. The average Bonchev–Trinajstić information content (AvgIpc) is 3.41. The molecule has 11 heteroatoms. The van der Waals surface area contributed by atoms with Gasteiger partial charge in [0.05, 0.1) is 13.3 Å². The third kappa shape index (κ3) is 4.70. The maximum absolute atomic E-state index is 13.5. The molecule has 31 heavy (non-hydrogen) atoms. The number of methoxy groups -OCH3 is 1. The molecule has 1 aliphatic heterocycles. The molecule has 3 rings (SSSR count). The fraction of sp³-hybridized carbons (Fsp3) is 0.550. The van der Waals surface area contributed by atoms with Gasteiger partial charge in [0.2, 0.25) is 10.0 Å². The van der Waals surface area contributed by atoms with Crippen molar-refractivity contribution >= 4 is 27.5 Å². The monoisotopic (exact) mass is 469 g/mol. The van der Waals surface area contributed by atoms with Gasteiger partial charge in [-0.3, -0.25) is 9.89 Å². The van der Waals surface area contributed by atoms with Gasteiger partial charge in [0.25, 0.3) is 5.91 Å². The summed E-state index contributed by atoms with van der Waals surface area (Å²) in [6.45, 7) is 5.06. The molecule has 1 fully saturated rings. The van der Waals surface area contributed by atoms with E-state index in [-0.39, 0.29) is 34.4 Å². The Hall–Kier alpha value is -2.17. The number of aromatic amines is 1. The van der Waals surface area contributed by atoms with Crippen LogP contribution >= 0.6 is 11.6 Å². The first-order valence-electron chi connectivity index (χ1n) is 10.2. The molecule has 1 aliphatic rings. The molecule has 1 saturated heterocycles. The van der Waals surface area contributed by atoms with Gasteiger partial charge in [-0.05, 0) is 36.5 Å². The maximum Gasteiger partial charge on any atom is 0.273 e. The first kappa shape index (κ1) is 23.5. The topological polar surface area (TPSA) is 108 Å². The largest absolute Gasteiger partial charge is 0.495 e. The zero-order chi connectivity index (χ0) is 22.8. The number of nitrogens with zero attached hydrogens (tertiary/aromatic N) is 4. The van der Waals surface area contributed by atoms with Gasteiger partial charge >= 0.3 is 0 Å². The fourth-order valence-corrected chi connectivity index (χ4v) is 6.12. The van der Waals surface area contributed by atoms with Crippen molar-refractivity contribution < 1.29 is 17.9 Å². The number of nitrogens with one attached hydrogen (secondary N) is 1. The number of halogens is 1. The first-order chi connectivity index (χ1) is 14.7. The Kier molecular flexibility index (Phi) is 7.23. The fourth-order valence-electron chi connectivity index (χ4n) is 4.28. The number of aromatic nitrogens is 3. The number of carbonyl (C=O) groups is 1. The van der Waals surface area contributed by atoms with E-state index >= 15 is 0 Å². The molecule has 9 nitrogen and oxygen atoms in total. The van der Waals surface area contributed by atoms with Crippen LogP contribution in [0.5, 0.6) is 5.75 Å². The smallest absolute Gasteiger partial charge is 0.273 e. The van der Waals surface area contributed by atoms with Crippen molar-refractivity contribution in [3.63, 3.8) is 0 Å². The minimum Gasteiger partial charge on any atom is -0.495 e. The van der Waals surface area contributed by atoms with Crippen LogP contribution in [0.4, 0.5) is 0 Å². The number of benzene rings is 1. The van der Waals surface area contributed by atoms with Crippen molar-refractivity contribution in [2.45, 2.75) is 37.6 Å². The standard InChI is InChI=1S/C20H28ClN5O4S/c1-5-6-17(15-12-26(11-13(15)2)20(27)16-10-22-24-23-16)25(3)31(28,29)19-9-14(21)7-8-18(19)30-4/h7-10,13,15,17H,5-6,11-12H2,1-4H3,(H,22,23,24)/t13-,15+,17-/m1/s1. The molecular weight excluding hydrogens is 442 g/mol. The van der Waals surface area contributed by atoms with Crippen LogP contribution in [-0.2, 0) is 10.0 Å². The van der Waals surface area contributed by atoms with Gasteiger partial charge in [0.15, 0.2) is 0 Å². The highest BCUT2D eigenvalue weighted by Crippen LogP contribution is 2.36. The van der Waals surface area contributed by atoms with E-state index < -0.39 is 10.0 Å². The van der Waals surface area contributed by atoms with E-state index in [1.807, 2.05) is 13.8 Å². The third-order valence-corrected chi connectivity index (χ3v) is 8.07. The molecule has 0 saturated carbocycles. The summed E-state index contributed by atoms with van der Waals surface area (Å²) in [6.07, 6.45) is 2.87.